The highest BCUT2D eigenvalue weighted by Crippen LogP contribution is 2.60. The molecule has 3 rings (SSSR count). The van der Waals surface area contributed by atoms with E-state index < -0.39 is 14.4 Å². The Morgan fingerprint density at radius 3 is 2.47 bits per heavy atom. The van der Waals surface area contributed by atoms with Gasteiger partial charge >= 0.3 is 0 Å². The zero-order valence-electron chi connectivity index (χ0n) is 25.3. The molecule has 0 heterocycles. The Balaban J connectivity index is 1.74. The van der Waals surface area contributed by atoms with Gasteiger partial charge in [-0.2, -0.15) is 0 Å². The van der Waals surface area contributed by atoms with Crippen LogP contribution < -0.4 is 0 Å². The highest BCUT2D eigenvalue weighted by Gasteiger charge is 2.50. The lowest BCUT2D eigenvalue weighted by atomic mass is 9.60. The molecule has 1 N–H and O–H groups in total. The highest BCUT2D eigenvalue weighted by molar-refractivity contribution is 6.74. The fraction of sp³-hybridized carbons (Fsp3) is 0.818. The van der Waals surface area contributed by atoms with Crippen molar-refractivity contribution < 1.29 is 9.53 Å². The molecule has 3 aliphatic carbocycles. The molecule has 206 valence electrons. The molecule has 0 spiro atoms. The van der Waals surface area contributed by atoms with Crippen molar-refractivity contribution in [2.24, 2.45) is 29.1 Å². The van der Waals surface area contributed by atoms with E-state index in [1.54, 1.807) is 5.57 Å². The van der Waals surface area contributed by atoms with Crippen LogP contribution in [0.5, 0.6) is 0 Å². The van der Waals surface area contributed by atoms with Gasteiger partial charge in [0.25, 0.3) is 0 Å². The van der Waals surface area contributed by atoms with Gasteiger partial charge in [-0.05, 0) is 96.9 Å². The van der Waals surface area contributed by atoms with E-state index in [4.69, 9.17) is 4.43 Å². The molecule has 3 fully saturated rings. The maximum Gasteiger partial charge on any atom is 0.192 e. The van der Waals surface area contributed by atoms with Crippen molar-refractivity contribution in [3.05, 3.63) is 35.5 Å². The summed E-state index contributed by atoms with van der Waals surface area (Å²) in [7, 11) is -1.87. The van der Waals surface area contributed by atoms with E-state index in [-0.39, 0.29) is 11.1 Å². The molecule has 0 aromatic rings. The molecular formula is C33H58O2Si. The summed E-state index contributed by atoms with van der Waals surface area (Å²) in [5, 5.41) is 11.0. The molecule has 3 saturated carbocycles. The predicted molar refractivity (Wildman–Crippen MR) is 159 cm³/mol. The molecule has 2 nitrogen and oxygen atoms in total. The van der Waals surface area contributed by atoms with Gasteiger partial charge in [-0.1, -0.05) is 92.0 Å². The fourth-order valence-corrected chi connectivity index (χ4v) is 8.76. The molecule has 0 radical (unpaired) electrons. The van der Waals surface area contributed by atoms with Crippen molar-refractivity contribution in [1.82, 2.24) is 0 Å². The van der Waals surface area contributed by atoms with Gasteiger partial charge in [0.15, 0.2) is 8.32 Å². The van der Waals surface area contributed by atoms with E-state index in [1.165, 1.54) is 56.9 Å². The SMILES string of the molecule is C=C1/C(=C/C=C2\CCC[C@]3(C)[C@@H]([C@H](C)CCCC(C)C)CC[C@@H]23)C[C@@H](O[Si](C)(C)C(C)(C)C)C[C@@H]1O. The Hall–Kier alpha value is -0.643. The van der Waals surface area contributed by atoms with Crippen molar-refractivity contribution >= 4 is 8.32 Å². The summed E-state index contributed by atoms with van der Waals surface area (Å²) >= 11 is 0. The van der Waals surface area contributed by atoms with Crippen LogP contribution in [0.1, 0.15) is 113 Å². The molecule has 0 saturated heterocycles. The topological polar surface area (TPSA) is 29.5 Å². The number of fused-ring (bicyclic) bond motifs is 1. The first-order valence-corrected chi connectivity index (χ1v) is 18.0. The second-order valence-electron chi connectivity index (χ2n) is 14.8. The molecule has 6 atom stereocenters. The van der Waals surface area contributed by atoms with Crippen LogP contribution >= 0.6 is 0 Å². The molecule has 0 bridgehead atoms. The molecule has 36 heavy (non-hydrogen) atoms. The quantitative estimate of drug-likeness (QED) is 0.327. The zero-order chi connectivity index (χ0) is 26.9. The summed E-state index contributed by atoms with van der Waals surface area (Å²) in [5.74, 6) is 3.24. The first-order chi connectivity index (χ1) is 16.7. The van der Waals surface area contributed by atoms with Gasteiger partial charge in [0.2, 0.25) is 0 Å². The van der Waals surface area contributed by atoms with Gasteiger partial charge in [-0.3, -0.25) is 0 Å². The van der Waals surface area contributed by atoms with Gasteiger partial charge in [-0.25, -0.2) is 0 Å². The maximum absolute atomic E-state index is 10.8. The van der Waals surface area contributed by atoms with E-state index in [0.29, 0.717) is 11.8 Å². The zero-order valence-corrected chi connectivity index (χ0v) is 26.3. The third-order valence-electron chi connectivity index (χ3n) is 10.7. The molecule has 0 aromatic carbocycles. The van der Waals surface area contributed by atoms with Crippen LogP contribution in [0.25, 0.3) is 0 Å². The van der Waals surface area contributed by atoms with Crippen LogP contribution in [0.3, 0.4) is 0 Å². The summed E-state index contributed by atoms with van der Waals surface area (Å²) in [6.45, 7) is 25.6. The van der Waals surface area contributed by atoms with E-state index >= 15 is 0 Å². The smallest absolute Gasteiger partial charge is 0.192 e. The molecule has 0 amide bonds. The highest BCUT2D eigenvalue weighted by atomic mass is 28.4. The van der Waals surface area contributed by atoms with Crippen molar-refractivity contribution in [3.63, 3.8) is 0 Å². The van der Waals surface area contributed by atoms with Gasteiger partial charge in [-0.15, -0.1) is 0 Å². The van der Waals surface area contributed by atoms with Crippen LogP contribution in [0.4, 0.5) is 0 Å². The van der Waals surface area contributed by atoms with Crippen molar-refractivity contribution in [1.29, 1.82) is 0 Å². The minimum Gasteiger partial charge on any atom is -0.413 e. The Morgan fingerprint density at radius 1 is 1.14 bits per heavy atom. The van der Waals surface area contributed by atoms with Crippen LogP contribution in [0.15, 0.2) is 35.5 Å². The van der Waals surface area contributed by atoms with E-state index in [1.807, 2.05) is 0 Å². The predicted octanol–water partition coefficient (Wildman–Crippen LogP) is 9.62. The van der Waals surface area contributed by atoms with Crippen molar-refractivity contribution in [3.8, 4) is 0 Å². The summed E-state index contributed by atoms with van der Waals surface area (Å²) in [5.41, 5.74) is 4.22. The summed E-state index contributed by atoms with van der Waals surface area (Å²) < 4.78 is 6.73. The second-order valence-corrected chi connectivity index (χ2v) is 19.6. The number of hydrogen-bond acceptors (Lipinski definition) is 2. The number of aliphatic hydroxyl groups is 1. The lowest BCUT2D eigenvalue weighted by molar-refractivity contribution is 0.0917. The first kappa shape index (κ1) is 29.9. The third-order valence-corrected chi connectivity index (χ3v) is 15.2. The standard InChI is InChI=1S/C33H58O2Si/c1-23(2)13-11-14-24(3)29-18-19-30-26(15-12-20-33(29,30)8)16-17-27-21-28(22-31(34)25(27)4)35-36(9,10)32(5,6)7/h16-17,23-24,28-31,34H,4,11-15,18-22H2,1-3,5-10H3/b26-16+,27-17+/t24-,28-,29-,30+,31+,33-/m1/s1. The number of rotatable bonds is 8. The maximum atomic E-state index is 10.8. The second kappa shape index (κ2) is 11.6. The summed E-state index contributed by atoms with van der Waals surface area (Å²) in [4.78, 5) is 0. The van der Waals surface area contributed by atoms with Crippen LogP contribution in [-0.4, -0.2) is 25.6 Å². The fourth-order valence-electron chi connectivity index (χ4n) is 7.39. The average Bonchev–Trinajstić information content (AvgIpc) is 3.11. The molecule has 0 unspecified atom stereocenters. The molecule has 3 aliphatic rings. The largest absolute Gasteiger partial charge is 0.413 e. The van der Waals surface area contributed by atoms with Crippen LogP contribution in [0, 0.1) is 29.1 Å². The Labute approximate surface area is 225 Å². The normalized spacial score (nSPS) is 35.0. The Bertz CT molecular complexity index is 829. The van der Waals surface area contributed by atoms with E-state index in [0.717, 1.165) is 35.7 Å². The number of aliphatic hydroxyl groups excluding tert-OH is 1. The van der Waals surface area contributed by atoms with Crippen LogP contribution in [-0.2, 0) is 4.43 Å². The molecule has 0 aliphatic heterocycles. The summed E-state index contributed by atoms with van der Waals surface area (Å²) in [6, 6.07) is 0. The molecular weight excluding hydrogens is 456 g/mol. The molecule has 0 aromatic heterocycles. The van der Waals surface area contributed by atoms with Gasteiger partial charge in [0.05, 0.1) is 12.2 Å². The summed E-state index contributed by atoms with van der Waals surface area (Å²) in [6.07, 6.45) is 16.7. The lowest BCUT2D eigenvalue weighted by Crippen LogP contribution is -2.46. The van der Waals surface area contributed by atoms with Gasteiger partial charge in [0.1, 0.15) is 0 Å². The minimum absolute atomic E-state index is 0.0928. The number of allylic oxidation sites excluding steroid dienone is 3. The Kier molecular flexibility index (Phi) is 9.65. The van der Waals surface area contributed by atoms with Crippen molar-refractivity contribution in [2.45, 2.75) is 143 Å². The van der Waals surface area contributed by atoms with Gasteiger partial charge < -0.3 is 9.53 Å². The first-order valence-electron chi connectivity index (χ1n) is 15.1. The minimum atomic E-state index is -1.87. The monoisotopic (exact) mass is 514 g/mol. The molecule has 3 heteroatoms. The van der Waals surface area contributed by atoms with E-state index in [2.05, 4.69) is 80.3 Å². The van der Waals surface area contributed by atoms with Crippen molar-refractivity contribution in [2.75, 3.05) is 0 Å². The van der Waals surface area contributed by atoms with Crippen LogP contribution in [0.2, 0.25) is 18.1 Å². The number of hydrogen-bond donors (Lipinski definition) is 1. The Morgan fingerprint density at radius 2 is 1.83 bits per heavy atom. The van der Waals surface area contributed by atoms with Gasteiger partial charge in [0, 0.05) is 6.42 Å². The lowest BCUT2D eigenvalue weighted by Gasteiger charge is -2.44. The average molecular weight is 515 g/mol. The van der Waals surface area contributed by atoms with E-state index in [9.17, 15) is 5.11 Å². The third kappa shape index (κ3) is 6.67.